The van der Waals surface area contributed by atoms with E-state index >= 15 is 0 Å². The highest BCUT2D eigenvalue weighted by Gasteiger charge is 2.17. The van der Waals surface area contributed by atoms with Gasteiger partial charge in [0.15, 0.2) is 0 Å². The number of anilines is 1. The normalized spacial score (nSPS) is 16.6. The molecule has 0 aliphatic carbocycles. The van der Waals surface area contributed by atoms with Gasteiger partial charge >= 0.3 is 0 Å². The van der Waals surface area contributed by atoms with E-state index in [1.807, 2.05) is 4.90 Å². The third kappa shape index (κ3) is 2.91. The molecule has 1 aromatic rings. The van der Waals surface area contributed by atoms with E-state index in [1.165, 1.54) is 12.8 Å². The number of nitrogens with zero attached hydrogens (tertiary/aromatic N) is 1. The summed E-state index contributed by atoms with van der Waals surface area (Å²) < 4.78 is 0. The molecule has 1 aliphatic rings. The lowest BCUT2D eigenvalue weighted by molar-refractivity contribution is 0.0761. The van der Waals surface area contributed by atoms with Gasteiger partial charge in [-0.2, -0.15) is 0 Å². The molecule has 1 amide bonds. The molecule has 4 heteroatoms. The van der Waals surface area contributed by atoms with Crippen LogP contribution >= 0.6 is 11.6 Å². The highest BCUT2D eigenvalue weighted by atomic mass is 35.5. The zero-order valence-corrected chi connectivity index (χ0v) is 10.5. The Hall–Kier alpha value is -1.22. The fourth-order valence-electron chi connectivity index (χ4n) is 2.12. The Kier molecular flexibility index (Phi) is 3.89. The summed E-state index contributed by atoms with van der Waals surface area (Å²) in [7, 11) is 0. The summed E-state index contributed by atoms with van der Waals surface area (Å²) in [5, 5.41) is 0.450. The predicted molar refractivity (Wildman–Crippen MR) is 70.2 cm³/mol. The molecule has 17 heavy (non-hydrogen) atoms. The molecule has 0 aromatic heterocycles. The maximum Gasteiger partial charge on any atom is 0.253 e. The third-order valence-electron chi connectivity index (χ3n) is 3.14. The highest BCUT2D eigenvalue weighted by Crippen LogP contribution is 2.21. The Morgan fingerprint density at radius 3 is 2.41 bits per heavy atom. The van der Waals surface area contributed by atoms with E-state index in [1.54, 1.807) is 18.2 Å². The molecule has 3 nitrogen and oxygen atoms in total. The Morgan fingerprint density at radius 1 is 1.18 bits per heavy atom. The van der Waals surface area contributed by atoms with Crippen molar-refractivity contribution in [3.05, 3.63) is 28.8 Å². The summed E-state index contributed by atoms with van der Waals surface area (Å²) in [6.07, 6.45) is 4.61. The number of amides is 1. The van der Waals surface area contributed by atoms with Crippen LogP contribution in [0, 0.1) is 0 Å². The minimum Gasteiger partial charge on any atom is -0.398 e. The van der Waals surface area contributed by atoms with Gasteiger partial charge in [-0.15, -0.1) is 0 Å². The van der Waals surface area contributed by atoms with Gasteiger partial charge in [-0.25, -0.2) is 0 Å². The first-order valence-corrected chi connectivity index (χ1v) is 6.40. The van der Waals surface area contributed by atoms with Crippen LogP contribution in [0.2, 0.25) is 5.02 Å². The second-order valence-corrected chi connectivity index (χ2v) is 4.85. The van der Waals surface area contributed by atoms with Crippen LogP contribution in [0.1, 0.15) is 36.0 Å². The molecule has 2 rings (SSSR count). The number of hydrogen-bond acceptors (Lipinski definition) is 2. The molecule has 0 radical (unpaired) electrons. The number of halogens is 1. The van der Waals surface area contributed by atoms with Crippen molar-refractivity contribution in [2.45, 2.75) is 25.7 Å². The molecule has 0 saturated carbocycles. The van der Waals surface area contributed by atoms with Gasteiger partial charge in [0.05, 0.1) is 10.7 Å². The van der Waals surface area contributed by atoms with Gasteiger partial charge in [0, 0.05) is 18.7 Å². The van der Waals surface area contributed by atoms with Crippen molar-refractivity contribution >= 4 is 23.2 Å². The first-order valence-electron chi connectivity index (χ1n) is 6.03. The maximum atomic E-state index is 12.2. The zero-order chi connectivity index (χ0) is 12.3. The SMILES string of the molecule is Nc1ccc(C(=O)N2CCCCCC2)cc1Cl. The van der Waals surface area contributed by atoms with Crippen LogP contribution < -0.4 is 5.73 Å². The number of likely N-dealkylation sites (tertiary alicyclic amines) is 1. The molecule has 0 atom stereocenters. The molecule has 1 heterocycles. The minimum absolute atomic E-state index is 0.0637. The lowest BCUT2D eigenvalue weighted by Gasteiger charge is -2.20. The van der Waals surface area contributed by atoms with Gasteiger partial charge in [0.25, 0.3) is 5.91 Å². The average molecular weight is 253 g/mol. The van der Waals surface area contributed by atoms with Crippen molar-refractivity contribution in [1.82, 2.24) is 4.90 Å². The van der Waals surface area contributed by atoms with E-state index in [9.17, 15) is 4.79 Å². The van der Waals surface area contributed by atoms with E-state index in [2.05, 4.69) is 0 Å². The number of carbonyl (C=O) groups is 1. The molecule has 92 valence electrons. The van der Waals surface area contributed by atoms with Crippen molar-refractivity contribution in [2.75, 3.05) is 18.8 Å². The predicted octanol–water partition coefficient (Wildman–Crippen LogP) is 2.94. The van der Waals surface area contributed by atoms with Gasteiger partial charge in [0.2, 0.25) is 0 Å². The molecule has 0 unspecified atom stereocenters. The third-order valence-corrected chi connectivity index (χ3v) is 3.47. The van der Waals surface area contributed by atoms with Crippen LogP contribution in [0.25, 0.3) is 0 Å². The van der Waals surface area contributed by atoms with Gasteiger partial charge in [-0.05, 0) is 31.0 Å². The second kappa shape index (κ2) is 5.41. The molecule has 2 N–H and O–H groups in total. The molecule has 0 bridgehead atoms. The van der Waals surface area contributed by atoms with E-state index in [0.29, 0.717) is 16.3 Å². The molecular weight excluding hydrogens is 236 g/mol. The van der Waals surface area contributed by atoms with Gasteiger partial charge in [-0.1, -0.05) is 24.4 Å². The van der Waals surface area contributed by atoms with Gasteiger partial charge < -0.3 is 10.6 Å². The average Bonchev–Trinajstić information content (AvgIpc) is 2.60. The van der Waals surface area contributed by atoms with Crippen molar-refractivity contribution in [1.29, 1.82) is 0 Å². The van der Waals surface area contributed by atoms with Gasteiger partial charge in [0.1, 0.15) is 0 Å². The summed E-state index contributed by atoms with van der Waals surface area (Å²) in [5.41, 5.74) is 6.78. The number of carbonyl (C=O) groups excluding carboxylic acids is 1. The standard InChI is InChI=1S/C13H17ClN2O/c14-11-9-10(5-6-12(11)15)13(17)16-7-3-1-2-4-8-16/h5-6,9H,1-4,7-8,15H2. The van der Waals surface area contributed by atoms with Crippen LogP contribution in [0.15, 0.2) is 18.2 Å². The Labute approximate surface area is 107 Å². The molecule has 1 aromatic carbocycles. The van der Waals surface area contributed by atoms with Crippen LogP contribution in [0.5, 0.6) is 0 Å². The molecule has 1 fully saturated rings. The molecule has 1 aliphatic heterocycles. The molecular formula is C13H17ClN2O. The van der Waals surface area contributed by atoms with Crippen molar-refractivity contribution in [3.63, 3.8) is 0 Å². The Balaban J connectivity index is 2.14. The maximum absolute atomic E-state index is 12.2. The number of benzene rings is 1. The van der Waals surface area contributed by atoms with Crippen LogP contribution in [0.4, 0.5) is 5.69 Å². The number of rotatable bonds is 1. The minimum atomic E-state index is 0.0637. The van der Waals surface area contributed by atoms with E-state index in [-0.39, 0.29) is 5.91 Å². The fraction of sp³-hybridized carbons (Fsp3) is 0.462. The van der Waals surface area contributed by atoms with Crippen LogP contribution in [0.3, 0.4) is 0 Å². The topological polar surface area (TPSA) is 46.3 Å². The van der Waals surface area contributed by atoms with E-state index in [4.69, 9.17) is 17.3 Å². The smallest absolute Gasteiger partial charge is 0.253 e. The first kappa shape index (κ1) is 12.2. The lowest BCUT2D eigenvalue weighted by Crippen LogP contribution is -2.31. The monoisotopic (exact) mass is 252 g/mol. The number of hydrogen-bond donors (Lipinski definition) is 1. The zero-order valence-electron chi connectivity index (χ0n) is 9.79. The van der Waals surface area contributed by atoms with Crippen LogP contribution in [-0.4, -0.2) is 23.9 Å². The van der Waals surface area contributed by atoms with Crippen molar-refractivity contribution in [2.24, 2.45) is 0 Å². The van der Waals surface area contributed by atoms with E-state index < -0.39 is 0 Å². The first-order chi connectivity index (χ1) is 8.18. The lowest BCUT2D eigenvalue weighted by atomic mass is 10.1. The molecule has 1 saturated heterocycles. The Morgan fingerprint density at radius 2 is 1.82 bits per heavy atom. The van der Waals surface area contributed by atoms with Crippen molar-refractivity contribution < 1.29 is 4.79 Å². The summed E-state index contributed by atoms with van der Waals surface area (Å²) in [4.78, 5) is 14.2. The summed E-state index contributed by atoms with van der Waals surface area (Å²) in [6, 6.07) is 5.09. The van der Waals surface area contributed by atoms with E-state index in [0.717, 1.165) is 25.9 Å². The van der Waals surface area contributed by atoms with Gasteiger partial charge in [-0.3, -0.25) is 4.79 Å². The summed E-state index contributed by atoms with van der Waals surface area (Å²) in [5.74, 6) is 0.0637. The second-order valence-electron chi connectivity index (χ2n) is 4.44. The highest BCUT2D eigenvalue weighted by molar-refractivity contribution is 6.33. The number of nitrogens with two attached hydrogens (primary N) is 1. The Bertz CT molecular complexity index is 412. The fourth-order valence-corrected chi connectivity index (χ4v) is 2.30. The summed E-state index contributed by atoms with van der Waals surface area (Å²) in [6.45, 7) is 1.70. The number of nitrogen functional groups attached to an aromatic ring is 1. The quantitative estimate of drug-likeness (QED) is 0.781. The van der Waals surface area contributed by atoms with Crippen LogP contribution in [-0.2, 0) is 0 Å². The molecule has 0 spiro atoms. The largest absolute Gasteiger partial charge is 0.398 e. The summed E-state index contributed by atoms with van der Waals surface area (Å²) >= 11 is 5.93. The van der Waals surface area contributed by atoms with Crippen molar-refractivity contribution in [3.8, 4) is 0 Å².